The highest BCUT2D eigenvalue weighted by Crippen LogP contribution is 2.66. The van der Waals surface area contributed by atoms with Gasteiger partial charge < -0.3 is 29.7 Å². The average molecular weight is 1310 g/mol. The first-order valence-corrected chi connectivity index (χ1v) is 33.9. The third-order valence-electron chi connectivity index (χ3n) is 21.5. The van der Waals surface area contributed by atoms with Crippen LogP contribution >= 0.6 is 0 Å². The number of rotatable bonds is 18. The van der Waals surface area contributed by atoms with Gasteiger partial charge in [-0.15, -0.1) is 0 Å². The highest BCUT2D eigenvalue weighted by Gasteiger charge is 2.63. The molecule has 2 atom stereocenters. The highest BCUT2D eigenvalue weighted by atomic mass is 19.1. The second kappa shape index (κ2) is 27.5. The summed E-state index contributed by atoms with van der Waals surface area (Å²) < 4.78 is 50.4. The molecule has 1 unspecified atom stereocenters. The number of nitrogens with zero attached hydrogens (tertiary/aromatic N) is 8. The van der Waals surface area contributed by atoms with Crippen molar-refractivity contribution in [1.82, 2.24) is 49.8 Å². The van der Waals surface area contributed by atoms with Gasteiger partial charge in [0.05, 0.1) is 29.7 Å². The van der Waals surface area contributed by atoms with Crippen LogP contribution in [-0.2, 0) is 32.1 Å². The fourth-order valence-corrected chi connectivity index (χ4v) is 16.0. The van der Waals surface area contributed by atoms with E-state index in [1.807, 2.05) is 83.8 Å². The number of piperidine rings is 2. The third-order valence-corrected chi connectivity index (χ3v) is 21.5. The van der Waals surface area contributed by atoms with Crippen LogP contribution in [0, 0.1) is 34.7 Å². The molecule has 96 heavy (non-hydrogen) atoms. The minimum Gasteiger partial charge on any atom is -0.448 e. The predicted octanol–water partition coefficient (Wildman–Crippen LogP) is 8.83. The van der Waals surface area contributed by atoms with Crippen molar-refractivity contribution in [3.05, 3.63) is 206 Å². The Balaban J connectivity index is 0.534. The van der Waals surface area contributed by atoms with Gasteiger partial charge in [-0.05, 0) is 140 Å². The smallest absolute Gasteiger partial charge is 0.410 e. The second-order valence-electron chi connectivity index (χ2n) is 27.5. The molecular weight excluding hydrogens is 1230 g/mol. The van der Waals surface area contributed by atoms with Crippen molar-refractivity contribution in [3.63, 3.8) is 0 Å². The van der Waals surface area contributed by atoms with Gasteiger partial charge in [-0.2, -0.15) is 5.10 Å². The van der Waals surface area contributed by atoms with Crippen LogP contribution in [0.1, 0.15) is 111 Å². The third kappa shape index (κ3) is 13.4. The monoisotopic (exact) mass is 1300 g/mol. The van der Waals surface area contributed by atoms with E-state index in [1.165, 1.54) is 17.0 Å². The summed E-state index contributed by atoms with van der Waals surface area (Å²) in [6.07, 6.45) is 5.52. The fourth-order valence-electron chi connectivity index (χ4n) is 16.0. The lowest BCUT2D eigenvalue weighted by atomic mass is 9.41. The van der Waals surface area contributed by atoms with Crippen LogP contribution in [0.5, 0.6) is 0 Å². The molecule has 4 aliphatic heterocycles. The zero-order chi connectivity index (χ0) is 66.2. The zero-order valence-corrected chi connectivity index (χ0v) is 53.7. The Morgan fingerprint density at radius 3 is 2.05 bits per heavy atom. The van der Waals surface area contributed by atoms with Crippen molar-refractivity contribution in [2.45, 2.75) is 75.8 Å². The van der Waals surface area contributed by atoms with E-state index in [2.05, 4.69) is 25.3 Å². The molecule has 6 amide bonds. The number of carbonyl (C=O) groups excluding carboxylic acids is 6. The summed E-state index contributed by atoms with van der Waals surface area (Å²) >= 11 is 0. The number of nitrogens with one attached hydrogen (secondary N) is 2. The van der Waals surface area contributed by atoms with Crippen LogP contribution in [-0.4, -0.2) is 191 Å². The molecule has 0 radical (unpaired) electrons. The van der Waals surface area contributed by atoms with E-state index in [0.717, 1.165) is 111 Å². The lowest BCUT2D eigenvalue weighted by Gasteiger charge is -2.65. The predicted molar refractivity (Wildman–Crippen MR) is 354 cm³/mol. The quantitative estimate of drug-likeness (QED) is 0.0835. The molecule has 3 saturated carbocycles. The number of piperazine rings is 2. The summed E-state index contributed by atoms with van der Waals surface area (Å²) in [4.78, 5) is 110. The molecule has 5 heterocycles. The van der Waals surface area contributed by atoms with Crippen LogP contribution in [0.15, 0.2) is 138 Å². The molecule has 7 fully saturated rings. The van der Waals surface area contributed by atoms with Gasteiger partial charge in [0.2, 0.25) is 17.7 Å². The van der Waals surface area contributed by atoms with Crippen molar-refractivity contribution in [3.8, 4) is 11.1 Å². The summed E-state index contributed by atoms with van der Waals surface area (Å²) in [6, 6.07) is 37.4. The van der Waals surface area contributed by atoms with E-state index in [4.69, 9.17) is 4.74 Å². The van der Waals surface area contributed by atoms with Crippen LogP contribution in [0.2, 0.25) is 0 Å². The Kier molecular flexibility index (Phi) is 18.4. The van der Waals surface area contributed by atoms with Gasteiger partial charge >= 0.3 is 6.09 Å². The van der Waals surface area contributed by atoms with Crippen molar-refractivity contribution in [1.29, 1.82) is 0 Å². The summed E-state index contributed by atoms with van der Waals surface area (Å²) in [5.41, 5.74) is 6.19. The lowest BCUT2D eigenvalue weighted by molar-refractivity contribution is -0.164. The molecule has 8 aliphatic rings. The molecule has 21 heteroatoms. The molecule has 2 N–H and O–H groups in total. The molecular formula is C75H79F3N10O8. The number of carbonyl (C=O) groups is 6. The van der Waals surface area contributed by atoms with E-state index in [9.17, 15) is 38.0 Å². The van der Waals surface area contributed by atoms with Crippen molar-refractivity contribution < 1.29 is 46.7 Å². The summed E-state index contributed by atoms with van der Waals surface area (Å²) in [7, 11) is 0. The molecule has 4 aliphatic carbocycles. The number of aromatic amines is 1. The number of amides is 6. The molecule has 1 aromatic heterocycles. The number of fused-ring (bicyclic) bond motifs is 4. The van der Waals surface area contributed by atoms with Crippen LogP contribution in [0.4, 0.5) is 18.0 Å². The summed E-state index contributed by atoms with van der Waals surface area (Å²) in [5, 5.41) is 11.2. The minimum absolute atomic E-state index is 0.00731. The largest absolute Gasteiger partial charge is 0.448 e. The Morgan fingerprint density at radius 1 is 0.656 bits per heavy atom. The van der Waals surface area contributed by atoms with Gasteiger partial charge in [0.1, 0.15) is 36.6 Å². The summed E-state index contributed by atoms with van der Waals surface area (Å²) in [5.74, 6) is -2.71. The molecule has 2 bridgehead atoms. The number of aromatic nitrogens is 2. The average Bonchev–Trinajstić information content (AvgIpc) is 0.814. The van der Waals surface area contributed by atoms with Crippen LogP contribution in [0.25, 0.3) is 21.9 Å². The number of benzene rings is 6. The molecule has 15 rings (SSSR count). The van der Waals surface area contributed by atoms with E-state index >= 15 is 8.78 Å². The zero-order valence-electron chi connectivity index (χ0n) is 53.7. The molecule has 498 valence electrons. The van der Waals surface area contributed by atoms with Gasteiger partial charge in [-0.1, -0.05) is 91.0 Å². The van der Waals surface area contributed by atoms with Gasteiger partial charge in [0.25, 0.3) is 17.4 Å². The Hall–Kier alpha value is -9.21. The number of hydrogen-bond donors (Lipinski definition) is 2. The lowest BCUT2D eigenvalue weighted by Crippen LogP contribution is -2.69. The number of hydrogen-bond acceptors (Lipinski definition) is 11. The number of H-pyrrole nitrogens is 1. The molecule has 0 spiro atoms. The minimum atomic E-state index is -0.840. The van der Waals surface area contributed by atoms with E-state index in [-0.39, 0.29) is 83.8 Å². The van der Waals surface area contributed by atoms with Gasteiger partial charge in [0, 0.05) is 118 Å². The van der Waals surface area contributed by atoms with Gasteiger partial charge in [0.15, 0.2) is 0 Å². The number of likely N-dealkylation sites (tertiary alicyclic amines) is 2. The molecule has 6 aromatic carbocycles. The number of ether oxygens (including phenoxy) is 1. The molecule has 4 saturated heterocycles. The molecule has 7 aromatic rings. The number of halogens is 3. The first kappa shape index (κ1) is 64.1. The van der Waals surface area contributed by atoms with Crippen LogP contribution < -0.4 is 10.9 Å². The Bertz CT molecular complexity index is 4140. The van der Waals surface area contributed by atoms with Crippen molar-refractivity contribution in [2.75, 3.05) is 105 Å². The second-order valence-corrected chi connectivity index (χ2v) is 27.5. The van der Waals surface area contributed by atoms with E-state index in [0.29, 0.717) is 98.1 Å². The standard InChI is InChI=1S/C75H79F3N10O8/c76-55-20-19-54(65(78)38-55)44-88(74(95)96-47-63-58-14-3-1-12-56(58)57-13-2-4-15-59(57)63)46-68(90)87-24-8-11-53(43-87)51-9-7-10-52(37-51)70(91)79-69(75-39-50(40-75)41-75)73(94)86-29-27-83(28-30-86)42-48-22-25-82(26-23-48)45-67(89)84-31-33-85(34-32-84)72(93)62-35-49(18-21-64(62)77)36-66-60-16-5-6-17-61(60)71(92)81-80-66/h1-7,9-10,12-21,35,37-38,48,50,53,63,69H,8,11,22-34,36,39-47H2,(H,79,91)(H,81,92)/t50?,53?,69-,75?/m0/s1. The first-order chi connectivity index (χ1) is 46.6. The van der Waals surface area contributed by atoms with Crippen molar-refractivity contribution >= 4 is 46.4 Å². The first-order valence-electron chi connectivity index (χ1n) is 33.9. The van der Waals surface area contributed by atoms with E-state index < -0.39 is 42.0 Å². The maximum atomic E-state index is 15.2. The Labute approximate surface area is 555 Å². The topological polar surface area (TPSA) is 192 Å². The Morgan fingerprint density at radius 2 is 1.34 bits per heavy atom. The van der Waals surface area contributed by atoms with Gasteiger partial charge in [-0.25, -0.2) is 23.1 Å². The SMILES string of the molecule is O=C(N[C@@H](C(=O)N1CCN(CC2CCN(CC(=O)N3CCN(C(=O)c4cc(Cc5n[nH]c(=O)c6ccccc56)ccc4F)CC3)CC2)CC1)C12CC(C1)C2)c1cccc(C2CCCN(C(=O)CN(Cc3ccc(F)cc3F)C(=O)OCC3c4ccccc4-c4ccccc43)C2)c1. The van der Waals surface area contributed by atoms with Crippen LogP contribution in [0.3, 0.4) is 0 Å². The maximum Gasteiger partial charge on any atom is 0.410 e. The van der Waals surface area contributed by atoms with Gasteiger partial charge in [-0.3, -0.25) is 43.5 Å². The fraction of sp³-hybridized carbons (Fsp3) is 0.413. The summed E-state index contributed by atoms with van der Waals surface area (Å²) in [6.45, 7) is 6.66. The maximum absolute atomic E-state index is 15.2. The van der Waals surface area contributed by atoms with E-state index in [1.54, 1.807) is 45.0 Å². The van der Waals surface area contributed by atoms with Crippen molar-refractivity contribution in [2.24, 2.45) is 17.3 Å². The normalized spacial score (nSPS) is 20.8. The molecule has 18 nitrogen and oxygen atoms in total. The highest BCUT2D eigenvalue weighted by molar-refractivity contribution is 5.98.